The molecule has 1 N–H and O–H groups in total. The molecule has 1 aliphatic heterocycles. The van der Waals surface area contributed by atoms with E-state index < -0.39 is 38.5 Å². The van der Waals surface area contributed by atoms with Gasteiger partial charge in [0.1, 0.15) is 0 Å². The summed E-state index contributed by atoms with van der Waals surface area (Å²) < 4.78 is 26.0. The van der Waals surface area contributed by atoms with Gasteiger partial charge < -0.3 is 5.32 Å². The predicted molar refractivity (Wildman–Crippen MR) is 130 cm³/mol. The number of hydrogen-bond donors (Lipinski definition) is 1. The number of nitro groups is 1. The van der Waals surface area contributed by atoms with Crippen LogP contribution in [0, 0.1) is 10.1 Å². The van der Waals surface area contributed by atoms with Gasteiger partial charge in [0.2, 0.25) is 15.9 Å². The number of halogens is 1. The van der Waals surface area contributed by atoms with E-state index in [4.69, 9.17) is 11.6 Å². The predicted octanol–water partition coefficient (Wildman–Crippen LogP) is 2.72. The zero-order valence-corrected chi connectivity index (χ0v) is 20.6. The number of sulfonamides is 1. The number of rotatable bonds is 9. The highest BCUT2D eigenvalue weighted by atomic mass is 35.5. The first-order chi connectivity index (χ1) is 16.5. The first-order valence-corrected chi connectivity index (χ1v) is 12.6. The van der Waals surface area contributed by atoms with Gasteiger partial charge in [-0.05, 0) is 59.8 Å². The lowest BCUT2D eigenvalue weighted by molar-refractivity contribution is -0.384. The third-order valence-corrected chi connectivity index (χ3v) is 7.80. The van der Waals surface area contributed by atoms with Crippen molar-refractivity contribution in [2.24, 2.45) is 0 Å². The van der Waals surface area contributed by atoms with Crippen LogP contribution in [0.3, 0.4) is 0 Å². The van der Waals surface area contributed by atoms with Crippen molar-refractivity contribution >= 4 is 62.2 Å². The molecule has 1 fully saturated rings. The fraction of sp³-hybridized carbons (Fsp3) is 0.190. The van der Waals surface area contributed by atoms with Gasteiger partial charge in [0.25, 0.3) is 16.8 Å². The van der Waals surface area contributed by atoms with Crippen molar-refractivity contribution in [1.29, 1.82) is 0 Å². The van der Waals surface area contributed by atoms with E-state index >= 15 is 0 Å². The maximum Gasteiger partial charge on any atom is 0.293 e. The monoisotopic (exact) mass is 538 g/mol. The second-order valence-corrected chi connectivity index (χ2v) is 10.7. The van der Waals surface area contributed by atoms with Crippen LogP contribution < -0.4 is 5.32 Å². The summed E-state index contributed by atoms with van der Waals surface area (Å²) in [6.45, 7) is -0.648. The zero-order chi connectivity index (χ0) is 25.8. The number of nitro benzene ring substituents is 1. The molecule has 3 amide bonds. The fourth-order valence-electron chi connectivity index (χ4n) is 2.97. The van der Waals surface area contributed by atoms with E-state index in [1.807, 2.05) is 0 Å². The normalized spacial score (nSPS) is 15.2. The molecule has 0 unspecified atom stereocenters. The zero-order valence-electron chi connectivity index (χ0n) is 18.2. The molecular formula is C21H19ClN4O7S2. The highest BCUT2D eigenvalue weighted by Gasteiger charge is 2.34. The number of carbonyl (C=O) groups is 3. The lowest BCUT2D eigenvalue weighted by atomic mass is 10.2. The number of amides is 3. The Labute approximate surface area is 209 Å². The summed E-state index contributed by atoms with van der Waals surface area (Å²) >= 11 is 6.48. The van der Waals surface area contributed by atoms with Gasteiger partial charge in [-0.25, -0.2) is 8.42 Å². The van der Waals surface area contributed by atoms with Crippen molar-refractivity contribution in [1.82, 2.24) is 14.5 Å². The first-order valence-electron chi connectivity index (χ1n) is 9.97. The lowest BCUT2D eigenvalue weighted by Crippen LogP contribution is -2.42. The molecule has 0 atom stereocenters. The Kier molecular flexibility index (Phi) is 8.27. The largest absolute Gasteiger partial charge is 0.353 e. The molecule has 0 aliphatic carbocycles. The van der Waals surface area contributed by atoms with Gasteiger partial charge in [0, 0.05) is 37.3 Å². The van der Waals surface area contributed by atoms with Gasteiger partial charge in [-0.2, -0.15) is 4.31 Å². The van der Waals surface area contributed by atoms with Crippen LogP contribution in [0.2, 0.25) is 5.02 Å². The van der Waals surface area contributed by atoms with Gasteiger partial charge in [0.05, 0.1) is 21.3 Å². The molecule has 0 bridgehead atoms. The van der Waals surface area contributed by atoms with Gasteiger partial charge in [-0.3, -0.25) is 29.4 Å². The Morgan fingerprint density at radius 2 is 1.80 bits per heavy atom. The summed E-state index contributed by atoms with van der Waals surface area (Å²) in [6.07, 6.45) is 1.45. The van der Waals surface area contributed by atoms with Crippen LogP contribution in [0.5, 0.6) is 0 Å². The Bertz CT molecular complexity index is 1300. The van der Waals surface area contributed by atoms with Gasteiger partial charge in [-0.15, -0.1) is 0 Å². The molecule has 0 saturated carbocycles. The maximum absolute atomic E-state index is 12.6. The van der Waals surface area contributed by atoms with Crippen molar-refractivity contribution in [2.45, 2.75) is 4.90 Å². The van der Waals surface area contributed by atoms with E-state index in [9.17, 15) is 32.9 Å². The second kappa shape index (κ2) is 11.0. The molecule has 35 heavy (non-hydrogen) atoms. The van der Waals surface area contributed by atoms with Crippen LogP contribution in [0.25, 0.3) is 6.08 Å². The summed E-state index contributed by atoms with van der Waals surface area (Å²) in [5.41, 5.74) is 0.414. The first kappa shape index (κ1) is 26.3. The number of benzene rings is 2. The van der Waals surface area contributed by atoms with Crippen molar-refractivity contribution in [3.8, 4) is 0 Å². The fourth-order valence-corrected chi connectivity index (χ4v) is 5.09. The number of nitrogens with one attached hydrogen (secondary N) is 1. The van der Waals surface area contributed by atoms with E-state index in [0.717, 1.165) is 9.21 Å². The Morgan fingerprint density at radius 3 is 2.40 bits per heavy atom. The Morgan fingerprint density at radius 1 is 1.17 bits per heavy atom. The number of non-ortho nitro benzene ring substituents is 1. The van der Waals surface area contributed by atoms with Crippen molar-refractivity contribution in [2.75, 3.05) is 26.7 Å². The topological polar surface area (TPSA) is 147 Å². The average Bonchev–Trinajstić information content (AvgIpc) is 3.07. The standard InChI is InChI=1S/C21H19ClN4O7S2/c1-24(35(32,33)17-8-4-15(22)5-9-17)13-19(27)23-10-11-25-20(28)18(34-21(25)29)12-14-2-6-16(7-3-14)26(30)31/h2-9,12H,10-11,13H2,1H3,(H,23,27). The summed E-state index contributed by atoms with van der Waals surface area (Å²) in [7, 11) is -2.65. The highest BCUT2D eigenvalue weighted by molar-refractivity contribution is 8.18. The van der Waals surface area contributed by atoms with Crippen molar-refractivity contribution < 1.29 is 27.7 Å². The summed E-state index contributed by atoms with van der Waals surface area (Å²) in [5, 5.41) is 13.1. The Balaban J connectivity index is 1.53. The van der Waals surface area contributed by atoms with E-state index in [2.05, 4.69) is 5.32 Å². The van der Waals surface area contributed by atoms with Crippen molar-refractivity contribution in [3.05, 3.63) is 74.1 Å². The number of likely N-dealkylation sites (N-methyl/N-ethyl adjacent to an activating group) is 1. The number of nitrogens with zero attached hydrogens (tertiary/aromatic N) is 3. The molecule has 3 rings (SSSR count). The van der Waals surface area contributed by atoms with Crippen LogP contribution in [0.4, 0.5) is 10.5 Å². The minimum atomic E-state index is -3.91. The molecule has 1 aliphatic rings. The molecule has 14 heteroatoms. The molecule has 2 aromatic carbocycles. The molecule has 0 aromatic heterocycles. The van der Waals surface area contributed by atoms with E-state index in [0.29, 0.717) is 22.3 Å². The summed E-state index contributed by atoms with van der Waals surface area (Å²) in [5.74, 6) is -1.17. The molecule has 1 heterocycles. The van der Waals surface area contributed by atoms with Crippen LogP contribution in [-0.4, -0.2) is 66.3 Å². The average molecular weight is 539 g/mol. The maximum atomic E-state index is 12.6. The molecule has 2 aromatic rings. The number of imide groups is 1. The van der Waals surface area contributed by atoms with Gasteiger partial charge >= 0.3 is 0 Å². The van der Waals surface area contributed by atoms with Crippen LogP contribution in [0.1, 0.15) is 5.56 Å². The third kappa shape index (κ3) is 6.45. The smallest absolute Gasteiger partial charge is 0.293 e. The number of carbonyl (C=O) groups excluding carboxylic acids is 3. The quantitative estimate of drug-likeness (QED) is 0.291. The van der Waals surface area contributed by atoms with Gasteiger partial charge in [0.15, 0.2) is 0 Å². The lowest BCUT2D eigenvalue weighted by Gasteiger charge is -2.18. The van der Waals surface area contributed by atoms with E-state index in [1.54, 1.807) is 0 Å². The van der Waals surface area contributed by atoms with Crippen LogP contribution >= 0.6 is 23.4 Å². The Hall–Kier alpha value is -3.26. The molecule has 11 nitrogen and oxygen atoms in total. The molecule has 184 valence electrons. The highest BCUT2D eigenvalue weighted by Crippen LogP contribution is 2.32. The second-order valence-electron chi connectivity index (χ2n) is 7.25. The number of hydrogen-bond acceptors (Lipinski definition) is 8. The summed E-state index contributed by atoms with van der Waals surface area (Å²) in [6, 6.07) is 11.0. The molecule has 0 radical (unpaired) electrons. The van der Waals surface area contributed by atoms with E-state index in [1.165, 1.54) is 61.7 Å². The number of thioether (sulfide) groups is 1. The van der Waals surface area contributed by atoms with Crippen LogP contribution in [0.15, 0.2) is 58.3 Å². The summed E-state index contributed by atoms with van der Waals surface area (Å²) in [4.78, 5) is 48.3. The van der Waals surface area contributed by atoms with Crippen molar-refractivity contribution in [3.63, 3.8) is 0 Å². The van der Waals surface area contributed by atoms with E-state index in [-0.39, 0.29) is 28.6 Å². The van der Waals surface area contributed by atoms with Crippen LogP contribution in [-0.2, 0) is 19.6 Å². The van der Waals surface area contributed by atoms with Gasteiger partial charge in [-0.1, -0.05) is 11.6 Å². The minimum Gasteiger partial charge on any atom is -0.353 e. The molecule has 1 saturated heterocycles. The minimum absolute atomic E-state index is 0.0187. The molecule has 0 spiro atoms. The molecular weight excluding hydrogens is 520 g/mol. The SMILES string of the molecule is CN(CC(=O)NCCN1C(=O)SC(=Cc2ccc([N+](=O)[O-])cc2)C1=O)S(=O)(=O)c1ccc(Cl)cc1. The third-order valence-electron chi connectivity index (χ3n) is 4.82.